The van der Waals surface area contributed by atoms with Gasteiger partial charge in [-0.15, -0.1) is 0 Å². The maximum atomic E-state index is 11.6. The molecule has 3 N–H and O–H groups in total. The Kier molecular flexibility index (Phi) is 5.61. The Hall–Kier alpha value is -1.59. The van der Waals surface area contributed by atoms with Crippen LogP contribution in [0.25, 0.3) is 0 Å². The largest absolute Gasteiger partial charge is 0.389 e. The summed E-state index contributed by atoms with van der Waals surface area (Å²) in [5.41, 5.74) is 1.50. The van der Waals surface area contributed by atoms with Crippen molar-refractivity contribution in [2.75, 3.05) is 19.0 Å². The lowest BCUT2D eigenvalue weighted by Crippen LogP contribution is -2.38. The third kappa shape index (κ3) is 4.73. The summed E-state index contributed by atoms with van der Waals surface area (Å²) >= 11 is 0. The molecule has 0 spiro atoms. The fraction of sp³-hybridized carbons (Fsp3) is 0.462. The minimum absolute atomic E-state index is 0.0493. The molecule has 0 aliphatic heterocycles. The zero-order valence-corrected chi connectivity index (χ0v) is 10.9. The number of aliphatic hydroxyl groups is 1. The number of anilines is 1. The lowest BCUT2D eigenvalue weighted by atomic mass is 10.1. The van der Waals surface area contributed by atoms with Crippen LogP contribution in [0.2, 0.25) is 0 Å². The van der Waals surface area contributed by atoms with Gasteiger partial charge in [0.15, 0.2) is 0 Å². The molecule has 5 nitrogen and oxygen atoms in total. The normalized spacial score (nSPS) is 13.8. The van der Waals surface area contributed by atoms with Crippen molar-refractivity contribution in [3.05, 3.63) is 29.8 Å². The van der Waals surface area contributed by atoms with E-state index in [2.05, 4.69) is 10.6 Å². The second-order valence-electron chi connectivity index (χ2n) is 4.25. The molecule has 0 fully saturated rings. The highest BCUT2D eigenvalue weighted by Gasteiger charge is 2.07. The molecule has 0 radical (unpaired) electrons. The number of ether oxygens (including phenoxy) is 1. The van der Waals surface area contributed by atoms with Crippen molar-refractivity contribution in [3.63, 3.8) is 0 Å². The Morgan fingerprint density at radius 2 is 1.94 bits per heavy atom. The van der Waals surface area contributed by atoms with Crippen LogP contribution in [-0.4, -0.2) is 30.9 Å². The van der Waals surface area contributed by atoms with Gasteiger partial charge < -0.3 is 20.5 Å². The lowest BCUT2D eigenvalue weighted by Gasteiger charge is -2.14. The molecule has 1 aromatic rings. The number of hydrogen-bond acceptors (Lipinski definition) is 3. The molecule has 0 heterocycles. The number of aliphatic hydroxyl groups excluding tert-OH is 1. The Morgan fingerprint density at radius 3 is 2.44 bits per heavy atom. The molecule has 0 aromatic heterocycles. The summed E-state index contributed by atoms with van der Waals surface area (Å²) in [5.74, 6) is 0. The first-order valence-electron chi connectivity index (χ1n) is 5.87. The van der Waals surface area contributed by atoms with Crippen LogP contribution in [0.3, 0.4) is 0 Å². The van der Waals surface area contributed by atoms with E-state index in [9.17, 15) is 9.90 Å². The molecule has 1 rings (SSSR count). The third-order valence-electron chi connectivity index (χ3n) is 2.45. The van der Waals surface area contributed by atoms with Crippen LogP contribution in [0, 0.1) is 0 Å². The third-order valence-corrected chi connectivity index (χ3v) is 2.45. The first kappa shape index (κ1) is 14.5. The van der Waals surface area contributed by atoms with Crippen molar-refractivity contribution in [2.45, 2.75) is 26.0 Å². The molecule has 2 amide bonds. The van der Waals surface area contributed by atoms with Gasteiger partial charge in [-0.1, -0.05) is 12.1 Å². The minimum Gasteiger partial charge on any atom is -0.389 e. The number of nitrogens with one attached hydrogen (secondary N) is 2. The van der Waals surface area contributed by atoms with E-state index in [0.29, 0.717) is 12.3 Å². The molecular formula is C13H20N2O3. The molecule has 0 saturated heterocycles. The molecule has 1 aromatic carbocycles. The molecule has 0 aliphatic rings. The van der Waals surface area contributed by atoms with Gasteiger partial charge in [-0.3, -0.25) is 0 Å². The summed E-state index contributed by atoms with van der Waals surface area (Å²) in [6.07, 6.45) is -0.505. The van der Waals surface area contributed by atoms with Gasteiger partial charge in [0.05, 0.1) is 18.8 Å². The molecule has 5 heteroatoms. The van der Waals surface area contributed by atoms with E-state index in [1.54, 1.807) is 38.3 Å². The molecule has 0 aliphatic carbocycles. The molecule has 0 bridgehead atoms. The van der Waals surface area contributed by atoms with E-state index in [0.717, 1.165) is 5.56 Å². The Balaban J connectivity index is 2.49. The van der Waals surface area contributed by atoms with Crippen LogP contribution in [0.5, 0.6) is 0 Å². The maximum Gasteiger partial charge on any atom is 0.319 e. The summed E-state index contributed by atoms with van der Waals surface area (Å²) in [7, 11) is 1.59. The second kappa shape index (κ2) is 6.98. The van der Waals surface area contributed by atoms with E-state index in [1.165, 1.54) is 0 Å². The number of rotatable bonds is 5. The predicted octanol–water partition coefficient (Wildman–Crippen LogP) is 1.90. The van der Waals surface area contributed by atoms with E-state index in [-0.39, 0.29) is 12.1 Å². The van der Waals surface area contributed by atoms with Crippen molar-refractivity contribution in [3.8, 4) is 0 Å². The summed E-state index contributed by atoms with van der Waals surface area (Å²) in [6.45, 7) is 4.02. The van der Waals surface area contributed by atoms with Gasteiger partial charge in [-0.2, -0.15) is 0 Å². The van der Waals surface area contributed by atoms with Gasteiger partial charge in [-0.05, 0) is 31.5 Å². The van der Waals surface area contributed by atoms with Gasteiger partial charge in [0, 0.05) is 12.8 Å². The Bertz CT molecular complexity index is 376. The summed E-state index contributed by atoms with van der Waals surface area (Å²) in [6, 6.07) is 6.74. The van der Waals surface area contributed by atoms with Crippen molar-refractivity contribution < 1.29 is 14.6 Å². The number of amides is 2. The Morgan fingerprint density at radius 1 is 1.33 bits per heavy atom. The van der Waals surface area contributed by atoms with Gasteiger partial charge in [0.1, 0.15) is 0 Å². The highest BCUT2D eigenvalue weighted by molar-refractivity contribution is 5.89. The van der Waals surface area contributed by atoms with Gasteiger partial charge >= 0.3 is 6.03 Å². The number of benzene rings is 1. The van der Waals surface area contributed by atoms with Crippen LogP contribution in [-0.2, 0) is 4.74 Å². The summed E-state index contributed by atoms with van der Waals surface area (Å²) < 4.78 is 4.93. The number of methoxy groups -OCH3 is 1. The van der Waals surface area contributed by atoms with E-state index >= 15 is 0 Å². The summed E-state index contributed by atoms with van der Waals surface area (Å²) in [4.78, 5) is 11.6. The van der Waals surface area contributed by atoms with Gasteiger partial charge in [-0.25, -0.2) is 4.79 Å². The number of carbonyl (C=O) groups excluding carboxylic acids is 1. The average molecular weight is 252 g/mol. The monoisotopic (exact) mass is 252 g/mol. The van der Waals surface area contributed by atoms with Crippen molar-refractivity contribution >= 4 is 11.7 Å². The Labute approximate surface area is 107 Å². The highest BCUT2D eigenvalue weighted by Crippen LogP contribution is 2.15. The SMILES string of the molecule is COCC(C)NC(=O)Nc1ccc(C(C)O)cc1. The van der Waals surface area contributed by atoms with Crippen LogP contribution in [0.1, 0.15) is 25.5 Å². The zero-order chi connectivity index (χ0) is 13.5. The standard InChI is InChI=1S/C13H20N2O3/c1-9(8-18-3)14-13(17)15-12-6-4-11(5-7-12)10(2)16/h4-7,9-10,16H,8H2,1-3H3,(H2,14,15,17). The number of carbonyl (C=O) groups is 1. The fourth-order valence-corrected chi connectivity index (χ4v) is 1.53. The number of hydrogen-bond donors (Lipinski definition) is 3. The molecule has 2 unspecified atom stereocenters. The maximum absolute atomic E-state index is 11.6. The van der Waals surface area contributed by atoms with Gasteiger partial charge in [0.2, 0.25) is 0 Å². The van der Waals surface area contributed by atoms with E-state index in [4.69, 9.17) is 4.74 Å². The van der Waals surface area contributed by atoms with Crippen LogP contribution in [0.15, 0.2) is 24.3 Å². The number of urea groups is 1. The quantitative estimate of drug-likeness (QED) is 0.749. The predicted molar refractivity (Wildman–Crippen MR) is 70.6 cm³/mol. The molecule has 2 atom stereocenters. The van der Waals surface area contributed by atoms with E-state index in [1.807, 2.05) is 6.92 Å². The minimum atomic E-state index is -0.505. The molecule has 0 saturated carbocycles. The first-order chi connectivity index (χ1) is 8.52. The highest BCUT2D eigenvalue weighted by atomic mass is 16.5. The van der Waals surface area contributed by atoms with Crippen molar-refractivity contribution in [1.82, 2.24) is 5.32 Å². The van der Waals surface area contributed by atoms with Crippen LogP contribution in [0.4, 0.5) is 10.5 Å². The summed E-state index contributed by atoms with van der Waals surface area (Å²) in [5, 5.41) is 14.8. The van der Waals surface area contributed by atoms with Crippen molar-refractivity contribution in [2.24, 2.45) is 0 Å². The van der Waals surface area contributed by atoms with E-state index < -0.39 is 6.10 Å². The zero-order valence-electron chi connectivity index (χ0n) is 10.9. The van der Waals surface area contributed by atoms with Crippen LogP contribution < -0.4 is 10.6 Å². The van der Waals surface area contributed by atoms with Crippen LogP contribution >= 0.6 is 0 Å². The second-order valence-corrected chi connectivity index (χ2v) is 4.25. The first-order valence-corrected chi connectivity index (χ1v) is 5.87. The lowest BCUT2D eigenvalue weighted by molar-refractivity contribution is 0.173. The average Bonchev–Trinajstić information content (AvgIpc) is 2.29. The molecule has 18 heavy (non-hydrogen) atoms. The topological polar surface area (TPSA) is 70.6 Å². The fourth-order valence-electron chi connectivity index (χ4n) is 1.53. The van der Waals surface area contributed by atoms with Crippen molar-refractivity contribution in [1.29, 1.82) is 0 Å². The molecular weight excluding hydrogens is 232 g/mol. The molecule has 100 valence electrons. The van der Waals surface area contributed by atoms with Gasteiger partial charge in [0.25, 0.3) is 0 Å². The smallest absolute Gasteiger partial charge is 0.319 e.